The summed E-state index contributed by atoms with van der Waals surface area (Å²) in [5.74, 6) is 0.171. The van der Waals surface area contributed by atoms with Crippen molar-refractivity contribution in [1.29, 1.82) is 0 Å². The number of sulfone groups is 2. The van der Waals surface area contributed by atoms with Crippen LogP contribution in [0.1, 0.15) is 39.5 Å². The molecule has 8 heteroatoms. The van der Waals surface area contributed by atoms with Crippen LogP contribution in [0.2, 0.25) is 0 Å². The summed E-state index contributed by atoms with van der Waals surface area (Å²) in [4.78, 5) is 0.147. The molecule has 1 aromatic rings. The van der Waals surface area contributed by atoms with Crippen molar-refractivity contribution in [3.8, 4) is 5.75 Å². The van der Waals surface area contributed by atoms with Crippen molar-refractivity contribution < 1.29 is 21.6 Å². The fraction of sp³-hybridized carbons (Fsp3) is 0.667. The van der Waals surface area contributed by atoms with Gasteiger partial charge in [0.2, 0.25) is 0 Å². The number of hydrogen-bond acceptors (Lipinski definition) is 6. The molecule has 0 bridgehead atoms. The summed E-state index contributed by atoms with van der Waals surface area (Å²) in [6.45, 7) is 3.79. The average molecular weight is 402 g/mol. The van der Waals surface area contributed by atoms with Crippen LogP contribution in [-0.2, 0) is 19.7 Å². The molecule has 0 unspecified atom stereocenters. The number of ether oxygens (including phenoxy) is 1. The lowest BCUT2D eigenvalue weighted by atomic mass is 10.2. The van der Waals surface area contributed by atoms with Crippen LogP contribution >= 0.6 is 0 Å². The molecule has 1 heterocycles. The zero-order valence-electron chi connectivity index (χ0n) is 15.2. The van der Waals surface area contributed by atoms with Gasteiger partial charge in [-0.15, -0.1) is 0 Å². The van der Waals surface area contributed by atoms with Gasteiger partial charge in [-0.1, -0.05) is 12.8 Å². The van der Waals surface area contributed by atoms with E-state index in [-0.39, 0.29) is 28.5 Å². The third-order valence-electron chi connectivity index (χ3n) is 5.03. The second-order valence-electron chi connectivity index (χ2n) is 7.55. The first-order chi connectivity index (χ1) is 12.2. The number of hydrogen-bond donors (Lipinski definition) is 1. The van der Waals surface area contributed by atoms with Crippen LogP contribution in [-0.4, -0.2) is 51.8 Å². The van der Waals surface area contributed by atoms with Crippen LogP contribution in [0.5, 0.6) is 5.75 Å². The van der Waals surface area contributed by atoms with Crippen LogP contribution < -0.4 is 10.1 Å². The minimum Gasteiger partial charge on any atom is -0.491 e. The molecule has 0 amide bonds. The molecule has 3 rings (SSSR count). The molecular formula is C18H27NO5S2. The molecule has 1 N–H and O–H groups in total. The summed E-state index contributed by atoms with van der Waals surface area (Å²) in [6.07, 6.45) is 4.16. The zero-order valence-corrected chi connectivity index (χ0v) is 16.9. The maximum atomic E-state index is 13.1. The molecule has 2 atom stereocenters. The maximum Gasteiger partial charge on any atom is 0.183 e. The normalized spacial score (nSPS) is 26.4. The molecule has 2 aliphatic rings. The molecule has 2 fully saturated rings. The predicted octanol–water partition coefficient (Wildman–Crippen LogP) is 1.95. The summed E-state index contributed by atoms with van der Waals surface area (Å²) in [5.41, 5.74) is 0. The third kappa shape index (κ3) is 4.40. The monoisotopic (exact) mass is 401 g/mol. The second kappa shape index (κ2) is 7.48. The number of rotatable bonds is 6. The van der Waals surface area contributed by atoms with Crippen LogP contribution in [0.25, 0.3) is 0 Å². The van der Waals surface area contributed by atoms with Crippen LogP contribution in [0.3, 0.4) is 0 Å². The Labute approximate surface area is 156 Å². The fourth-order valence-corrected chi connectivity index (χ4v) is 8.50. The Balaban J connectivity index is 1.83. The van der Waals surface area contributed by atoms with Gasteiger partial charge in [-0.2, -0.15) is 0 Å². The van der Waals surface area contributed by atoms with E-state index in [1.807, 2.05) is 13.8 Å². The van der Waals surface area contributed by atoms with Gasteiger partial charge < -0.3 is 10.1 Å². The standard InChI is InChI=1S/C18H27NO5S2/c1-13(2)24-15-7-9-16(10-8-15)26(22,23)18-12-25(20,21)11-17(18)19-14-5-3-4-6-14/h7-10,13-14,17-19H,3-6,11-12H2,1-2H3/t17-,18-/m0/s1. The van der Waals surface area contributed by atoms with Gasteiger partial charge in [-0.25, -0.2) is 16.8 Å². The van der Waals surface area contributed by atoms with E-state index >= 15 is 0 Å². The lowest BCUT2D eigenvalue weighted by Crippen LogP contribution is -2.47. The smallest absolute Gasteiger partial charge is 0.183 e. The van der Waals surface area contributed by atoms with Gasteiger partial charge in [0.25, 0.3) is 0 Å². The first-order valence-electron chi connectivity index (χ1n) is 9.14. The predicted molar refractivity (Wildman–Crippen MR) is 101 cm³/mol. The highest BCUT2D eigenvalue weighted by Gasteiger charge is 2.46. The van der Waals surface area contributed by atoms with Gasteiger partial charge in [-0.05, 0) is 51.0 Å². The van der Waals surface area contributed by atoms with Crippen molar-refractivity contribution >= 4 is 19.7 Å². The summed E-state index contributed by atoms with van der Waals surface area (Å²) in [6, 6.07) is 5.92. The van der Waals surface area contributed by atoms with Crippen LogP contribution in [0, 0.1) is 0 Å². The van der Waals surface area contributed by atoms with E-state index in [1.54, 1.807) is 12.1 Å². The van der Waals surface area contributed by atoms with Gasteiger partial charge in [0, 0.05) is 12.1 Å². The van der Waals surface area contributed by atoms with E-state index in [2.05, 4.69) is 5.32 Å². The minimum absolute atomic E-state index is 0.00238. The topological polar surface area (TPSA) is 89.5 Å². The van der Waals surface area contributed by atoms with Crippen LogP contribution in [0.15, 0.2) is 29.2 Å². The van der Waals surface area contributed by atoms with E-state index in [0.29, 0.717) is 5.75 Å². The maximum absolute atomic E-state index is 13.1. The summed E-state index contributed by atoms with van der Waals surface area (Å²) >= 11 is 0. The molecule has 1 aromatic carbocycles. The molecular weight excluding hydrogens is 374 g/mol. The molecule has 1 aliphatic carbocycles. The second-order valence-corrected chi connectivity index (χ2v) is 11.9. The average Bonchev–Trinajstić information content (AvgIpc) is 3.15. The highest BCUT2D eigenvalue weighted by Crippen LogP contribution is 2.29. The zero-order chi connectivity index (χ0) is 18.9. The molecule has 26 heavy (non-hydrogen) atoms. The minimum atomic E-state index is -3.74. The van der Waals surface area contributed by atoms with Crippen molar-refractivity contribution in [3.05, 3.63) is 24.3 Å². The molecule has 6 nitrogen and oxygen atoms in total. The number of benzene rings is 1. The van der Waals surface area contributed by atoms with Gasteiger partial charge in [0.05, 0.1) is 27.8 Å². The first kappa shape index (κ1) is 19.6. The van der Waals surface area contributed by atoms with Gasteiger partial charge in [0.1, 0.15) is 5.75 Å². The Bertz CT molecular complexity index is 825. The Morgan fingerprint density at radius 3 is 2.27 bits per heavy atom. The number of nitrogens with one attached hydrogen (secondary N) is 1. The Kier molecular flexibility index (Phi) is 5.65. The van der Waals surface area contributed by atoms with Crippen molar-refractivity contribution in [2.45, 2.75) is 67.9 Å². The van der Waals surface area contributed by atoms with Crippen molar-refractivity contribution in [1.82, 2.24) is 5.32 Å². The molecule has 1 saturated heterocycles. The lowest BCUT2D eigenvalue weighted by Gasteiger charge is -2.23. The SMILES string of the molecule is CC(C)Oc1ccc(S(=O)(=O)[C@H]2CS(=O)(=O)C[C@@H]2NC2CCCC2)cc1. The highest BCUT2D eigenvalue weighted by atomic mass is 32.2. The van der Waals surface area contributed by atoms with Crippen molar-refractivity contribution in [2.24, 2.45) is 0 Å². The summed E-state index contributed by atoms with van der Waals surface area (Å²) < 4.78 is 56.0. The van der Waals surface area contributed by atoms with Crippen molar-refractivity contribution in [3.63, 3.8) is 0 Å². The Morgan fingerprint density at radius 1 is 1.08 bits per heavy atom. The Morgan fingerprint density at radius 2 is 1.69 bits per heavy atom. The molecule has 0 spiro atoms. The quantitative estimate of drug-likeness (QED) is 0.784. The van der Waals surface area contributed by atoms with E-state index < -0.39 is 31.0 Å². The van der Waals surface area contributed by atoms with Gasteiger partial charge >= 0.3 is 0 Å². The molecule has 1 saturated carbocycles. The van der Waals surface area contributed by atoms with E-state index in [1.165, 1.54) is 12.1 Å². The van der Waals surface area contributed by atoms with Gasteiger partial charge in [0.15, 0.2) is 19.7 Å². The Hall–Kier alpha value is -1.12. The van der Waals surface area contributed by atoms with Gasteiger partial charge in [-0.3, -0.25) is 0 Å². The van der Waals surface area contributed by atoms with E-state index in [9.17, 15) is 16.8 Å². The third-order valence-corrected chi connectivity index (χ3v) is 9.19. The van der Waals surface area contributed by atoms with Crippen molar-refractivity contribution in [2.75, 3.05) is 11.5 Å². The largest absolute Gasteiger partial charge is 0.491 e. The summed E-state index contributed by atoms with van der Waals surface area (Å²) in [5, 5.41) is 2.37. The summed E-state index contributed by atoms with van der Waals surface area (Å²) in [7, 11) is -7.11. The molecule has 0 radical (unpaired) electrons. The first-order valence-corrected chi connectivity index (χ1v) is 12.5. The van der Waals surface area contributed by atoms with E-state index in [0.717, 1.165) is 25.7 Å². The lowest BCUT2D eigenvalue weighted by molar-refractivity contribution is 0.242. The highest BCUT2D eigenvalue weighted by molar-refractivity contribution is 7.96. The van der Waals surface area contributed by atoms with Crippen LogP contribution in [0.4, 0.5) is 0 Å². The molecule has 1 aliphatic heterocycles. The fourth-order valence-electron chi connectivity index (χ4n) is 3.83. The van der Waals surface area contributed by atoms with E-state index in [4.69, 9.17) is 4.74 Å². The molecule has 146 valence electrons. The molecule has 0 aromatic heterocycles.